The van der Waals surface area contributed by atoms with Crippen molar-refractivity contribution in [2.75, 3.05) is 81.4 Å². The highest BCUT2D eigenvalue weighted by Crippen LogP contribution is 2.23. The van der Waals surface area contributed by atoms with Crippen LogP contribution in [0, 0.1) is 0 Å². The van der Waals surface area contributed by atoms with Gasteiger partial charge in [-0.2, -0.15) is 15.0 Å². The predicted molar refractivity (Wildman–Crippen MR) is 133 cm³/mol. The average molecular weight is 486 g/mol. The number of benzene rings is 1. The Morgan fingerprint density at radius 3 is 2.37 bits per heavy atom. The van der Waals surface area contributed by atoms with Gasteiger partial charge in [-0.1, -0.05) is 18.2 Å². The molecule has 11 nitrogen and oxygen atoms in total. The van der Waals surface area contributed by atoms with Gasteiger partial charge in [0.25, 0.3) is 5.91 Å². The lowest BCUT2D eigenvalue weighted by molar-refractivity contribution is 0.0519. The zero-order valence-corrected chi connectivity index (χ0v) is 20.1. The van der Waals surface area contributed by atoms with Gasteiger partial charge in [0.1, 0.15) is 0 Å². The number of morpholine rings is 1. The lowest BCUT2D eigenvalue weighted by atomic mass is 9.93. The molecule has 35 heavy (non-hydrogen) atoms. The molecule has 3 N–H and O–H groups in total. The van der Waals surface area contributed by atoms with E-state index in [-0.39, 0.29) is 5.91 Å². The number of aromatic nitrogens is 3. The van der Waals surface area contributed by atoms with Crippen molar-refractivity contribution in [1.29, 1.82) is 0 Å². The van der Waals surface area contributed by atoms with Gasteiger partial charge in [-0.15, -0.1) is 0 Å². The van der Waals surface area contributed by atoms with Gasteiger partial charge in [0.15, 0.2) is 0 Å². The summed E-state index contributed by atoms with van der Waals surface area (Å²) in [6, 6.07) is 9.57. The largest absolute Gasteiger partial charge is 0.378 e. The van der Waals surface area contributed by atoms with Crippen molar-refractivity contribution in [1.82, 2.24) is 20.3 Å². The van der Waals surface area contributed by atoms with Crippen molar-refractivity contribution < 1.29 is 19.0 Å². The molecular weight excluding hydrogens is 450 g/mol. The molecule has 2 aromatic rings. The molecule has 1 aromatic carbocycles. The summed E-state index contributed by atoms with van der Waals surface area (Å²) in [5.74, 6) is 1.72. The monoisotopic (exact) mass is 485 g/mol. The molecule has 0 unspecified atom stereocenters. The molecule has 2 aliphatic rings. The van der Waals surface area contributed by atoms with Crippen LogP contribution in [0.5, 0.6) is 0 Å². The third-order valence-corrected chi connectivity index (χ3v) is 5.83. The normalized spacial score (nSPS) is 15.9. The molecule has 11 heteroatoms. The van der Waals surface area contributed by atoms with Crippen molar-refractivity contribution in [3.63, 3.8) is 0 Å². The Morgan fingerprint density at radius 2 is 1.66 bits per heavy atom. The summed E-state index contributed by atoms with van der Waals surface area (Å²) in [4.78, 5) is 27.8. The second-order valence-electron chi connectivity index (χ2n) is 8.43. The second-order valence-corrected chi connectivity index (χ2v) is 8.43. The zero-order chi connectivity index (χ0) is 24.1. The Bertz CT molecular complexity index is 908. The molecule has 1 aliphatic heterocycles. The molecule has 1 saturated heterocycles. The van der Waals surface area contributed by atoms with E-state index in [0.29, 0.717) is 82.2 Å². The molecule has 0 bridgehead atoms. The summed E-state index contributed by atoms with van der Waals surface area (Å²) < 4.78 is 16.6. The van der Waals surface area contributed by atoms with Crippen LogP contribution >= 0.6 is 0 Å². The summed E-state index contributed by atoms with van der Waals surface area (Å²) in [5, 5.41) is 9.49. The Balaban J connectivity index is 1.10. The van der Waals surface area contributed by atoms with Crippen LogP contribution in [-0.2, 0) is 14.2 Å². The van der Waals surface area contributed by atoms with Gasteiger partial charge in [-0.05, 0) is 31.4 Å². The van der Waals surface area contributed by atoms with Crippen LogP contribution in [0.15, 0.2) is 30.3 Å². The second kappa shape index (κ2) is 13.8. The number of hydrogen-bond acceptors (Lipinski definition) is 10. The highest BCUT2D eigenvalue weighted by molar-refractivity contribution is 5.94. The predicted octanol–water partition coefficient (Wildman–Crippen LogP) is 1.55. The third kappa shape index (κ3) is 8.30. The van der Waals surface area contributed by atoms with E-state index in [1.807, 2.05) is 18.2 Å². The first-order valence-corrected chi connectivity index (χ1v) is 12.4. The average Bonchev–Trinajstić information content (AvgIpc) is 2.88. The Labute approximate surface area is 206 Å². The summed E-state index contributed by atoms with van der Waals surface area (Å²) in [6.07, 6.45) is 3.54. The number of nitrogens with zero attached hydrogens (tertiary/aromatic N) is 4. The molecule has 1 amide bonds. The van der Waals surface area contributed by atoms with E-state index in [0.717, 1.165) is 25.9 Å². The summed E-state index contributed by atoms with van der Waals surface area (Å²) in [5.41, 5.74) is 0.643. The van der Waals surface area contributed by atoms with Crippen molar-refractivity contribution in [2.24, 2.45) is 0 Å². The van der Waals surface area contributed by atoms with E-state index in [1.54, 1.807) is 12.1 Å². The van der Waals surface area contributed by atoms with Gasteiger partial charge in [-0.3, -0.25) is 4.79 Å². The van der Waals surface area contributed by atoms with Crippen LogP contribution in [-0.4, -0.2) is 92.7 Å². The molecule has 0 atom stereocenters. The number of amides is 1. The van der Waals surface area contributed by atoms with E-state index >= 15 is 0 Å². The van der Waals surface area contributed by atoms with Crippen molar-refractivity contribution in [3.8, 4) is 0 Å². The minimum absolute atomic E-state index is 0.0994. The van der Waals surface area contributed by atoms with Gasteiger partial charge < -0.3 is 35.1 Å². The van der Waals surface area contributed by atoms with Crippen LogP contribution in [0.4, 0.5) is 17.8 Å². The number of hydrogen-bond donors (Lipinski definition) is 3. The maximum absolute atomic E-state index is 11.9. The number of anilines is 3. The standard InChI is InChI=1S/C24H35N7O4/c32-21(19-5-2-1-3-6-19)25-9-13-33-17-18-34-14-10-26-22-28-23(27-20-7-4-8-20)30-24(29-22)31-11-15-35-16-12-31/h1-3,5-6,20H,4,7-18H2,(H,25,32)(H2,26,27,28,29,30). The molecule has 190 valence electrons. The number of carbonyl (C=O) groups is 1. The van der Waals surface area contributed by atoms with Crippen molar-refractivity contribution in [2.45, 2.75) is 25.3 Å². The minimum atomic E-state index is -0.0994. The first-order valence-electron chi connectivity index (χ1n) is 12.4. The molecule has 1 aromatic heterocycles. The fourth-order valence-corrected chi connectivity index (χ4v) is 3.63. The smallest absolute Gasteiger partial charge is 0.251 e. The minimum Gasteiger partial charge on any atom is -0.378 e. The van der Waals surface area contributed by atoms with Crippen LogP contribution in [0.3, 0.4) is 0 Å². The Hall–Kier alpha value is -3.02. The molecule has 0 radical (unpaired) electrons. The third-order valence-electron chi connectivity index (χ3n) is 5.83. The number of nitrogens with one attached hydrogen (secondary N) is 3. The van der Waals surface area contributed by atoms with E-state index in [1.165, 1.54) is 6.42 Å². The highest BCUT2D eigenvalue weighted by atomic mass is 16.5. The van der Waals surface area contributed by atoms with Crippen molar-refractivity contribution >= 4 is 23.8 Å². The van der Waals surface area contributed by atoms with Gasteiger partial charge >= 0.3 is 0 Å². The number of ether oxygens (including phenoxy) is 3. The van der Waals surface area contributed by atoms with Gasteiger partial charge in [0.2, 0.25) is 17.8 Å². The molecular formula is C24H35N7O4. The summed E-state index contributed by atoms with van der Waals surface area (Å²) >= 11 is 0. The van der Waals surface area contributed by atoms with E-state index in [9.17, 15) is 4.79 Å². The quantitative estimate of drug-likeness (QED) is 0.340. The zero-order valence-electron chi connectivity index (χ0n) is 20.1. The van der Waals surface area contributed by atoms with Gasteiger partial charge in [0.05, 0.1) is 39.6 Å². The fraction of sp³-hybridized carbons (Fsp3) is 0.583. The number of rotatable bonds is 14. The molecule has 1 aliphatic carbocycles. The maximum Gasteiger partial charge on any atom is 0.251 e. The fourth-order valence-electron chi connectivity index (χ4n) is 3.63. The summed E-state index contributed by atoms with van der Waals surface area (Å²) in [6.45, 7) is 5.79. The van der Waals surface area contributed by atoms with Crippen LogP contribution < -0.4 is 20.9 Å². The molecule has 2 fully saturated rings. The van der Waals surface area contributed by atoms with E-state index < -0.39 is 0 Å². The van der Waals surface area contributed by atoms with E-state index in [4.69, 9.17) is 14.2 Å². The van der Waals surface area contributed by atoms with E-state index in [2.05, 4.69) is 35.8 Å². The molecule has 4 rings (SSSR count). The molecule has 2 heterocycles. The van der Waals surface area contributed by atoms with Crippen LogP contribution in [0.2, 0.25) is 0 Å². The van der Waals surface area contributed by atoms with Gasteiger partial charge in [0, 0.05) is 37.8 Å². The van der Waals surface area contributed by atoms with Crippen LogP contribution in [0.1, 0.15) is 29.6 Å². The molecule has 0 spiro atoms. The SMILES string of the molecule is O=C(NCCOCCOCCNc1nc(NC2CCC2)nc(N2CCOCC2)n1)c1ccccc1. The first kappa shape index (κ1) is 25.1. The highest BCUT2D eigenvalue weighted by Gasteiger charge is 2.21. The lowest BCUT2D eigenvalue weighted by Gasteiger charge is -2.29. The van der Waals surface area contributed by atoms with Crippen LogP contribution in [0.25, 0.3) is 0 Å². The first-order chi connectivity index (χ1) is 17.3. The molecule has 1 saturated carbocycles. The van der Waals surface area contributed by atoms with Gasteiger partial charge in [-0.25, -0.2) is 0 Å². The maximum atomic E-state index is 11.9. The van der Waals surface area contributed by atoms with Crippen molar-refractivity contribution in [3.05, 3.63) is 35.9 Å². The Morgan fingerprint density at radius 1 is 0.943 bits per heavy atom. The Kier molecular flexibility index (Phi) is 9.86. The lowest BCUT2D eigenvalue weighted by Crippen LogP contribution is -2.38. The topological polar surface area (TPSA) is 123 Å². The summed E-state index contributed by atoms with van der Waals surface area (Å²) in [7, 11) is 0. The number of carbonyl (C=O) groups excluding carboxylic acids is 1.